The maximum atomic E-state index is 13.7. The largest absolute Gasteiger partial charge is 0.485 e. The van der Waals surface area contributed by atoms with E-state index in [-0.39, 0.29) is 18.3 Å². The number of ether oxygens (including phenoxy) is 1. The lowest BCUT2D eigenvalue weighted by Crippen LogP contribution is -2.24. The van der Waals surface area contributed by atoms with Crippen LogP contribution in [0, 0.1) is 19.7 Å². The van der Waals surface area contributed by atoms with Crippen molar-refractivity contribution >= 4 is 23.4 Å². The Morgan fingerprint density at radius 1 is 1.19 bits per heavy atom. The SMILES string of the molecule is Cc1ccc(C(C)C)c(OCc2nnc(SC(C)C(=O)Nc3ccc(C)c(F)c3)n2N)c1. The number of anilines is 1. The Balaban J connectivity index is 1.64. The van der Waals surface area contributed by atoms with Crippen molar-refractivity contribution in [2.24, 2.45) is 0 Å². The van der Waals surface area contributed by atoms with Gasteiger partial charge in [-0.15, -0.1) is 10.2 Å². The van der Waals surface area contributed by atoms with Gasteiger partial charge in [0.2, 0.25) is 11.1 Å². The molecule has 0 aliphatic rings. The second kappa shape index (κ2) is 10.0. The van der Waals surface area contributed by atoms with Gasteiger partial charge in [-0.05, 0) is 61.6 Å². The summed E-state index contributed by atoms with van der Waals surface area (Å²) in [5, 5.41) is 10.8. The fourth-order valence-corrected chi connectivity index (χ4v) is 3.79. The van der Waals surface area contributed by atoms with Crippen molar-refractivity contribution in [3.8, 4) is 5.75 Å². The number of carbonyl (C=O) groups is 1. The lowest BCUT2D eigenvalue weighted by Gasteiger charge is -2.15. The summed E-state index contributed by atoms with van der Waals surface area (Å²) in [6.45, 7) is 9.75. The first-order chi connectivity index (χ1) is 15.2. The van der Waals surface area contributed by atoms with E-state index in [4.69, 9.17) is 10.6 Å². The van der Waals surface area contributed by atoms with Crippen LogP contribution in [0.4, 0.5) is 10.1 Å². The number of thioether (sulfide) groups is 1. The summed E-state index contributed by atoms with van der Waals surface area (Å²) in [5.41, 5.74) is 3.12. The van der Waals surface area contributed by atoms with Crippen molar-refractivity contribution in [2.45, 2.75) is 57.5 Å². The lowest BCUT2D eigenvalue weighted by atomic mass is 10.0. The Kier molecular flexibility index (Phi) is 7.40. The lowest BCUT2D eigenvalue weighted by molar-refractivity contribution is -0.115. The van der Waals surface area contributed by atoms with Crippen molar-refractivity contribution in [3.63, 3.8) is 0 Å². The average Bonchev–Trinajstić information content (AvgIpc) is 3.08. The molecule has 32 heavy (non-hydrogen) atoms. The number of halogens is 1. The number of nitrogens with zero attached hydrogens (tertiary/aromatic N) is 3. The molecule has 3 rings (SSSR count). The summed E-state index contributed by atoms with van der Waals surface area (Å²) >= 11 is 1.16. The molecule has 2 aromatic carbocycles. The molecule has 0 saturated carbocycles. The fraction of sp³-hybridized carbons (Fsp3) is 0.348. The molecule has 1 heterocycles. The summed E-state index contributed by atoms with van der Waals surface area (Å²) < 4.78 is 21.0. The molecule has 0 radical (unpaired) electrons. The Labute approximate surface area is 191 Å². The van der Waals surface area contributed by atoms with E-state index in [1.807, 2.05) is 13.0 Å². The van der Waals surface area contributed by atoms with Crippen LogP contribution < -0.4 is 15.9 Å². The molecular formula is C23H28FN5O2S. The number of benzene rings is 2. The van der Waals surface area contributed by atoms with Crippen LogP contribution in [-0.2, 0) is 11.4 Å². The third-order valence-electron chi connectivity index (χ3n) is 4.97. The van der Waals surface area contributed by atoms with Crippen molar-refractivity contribution in [3.05, 3.63) is 64.7 Å². The van der Waals surface area contributed by atoms with Gasteiger partial charge < -0.3 is 15.9 Å². The summed E-state index contributed by atoms with van der Waals surface area (Å²) in [6, 6.07) is 10.7. The highest BCUT2D eigenvalue weighted by molar-refractivity contribution is 8.00. The van der Waals surface area contributed by atoms with E-state index in [1.165, 1.54) is 10.7 Å². The number of carbonyl (C=O) groups excluding carboxylic acids is 1. The van der Waals surface area contributed by atoms with Gasteiger partial charge in [0, 0.05) is 5.69 Å². The van der Waals surface area contributed by atoms with E-state index < -0.39 is 5.25 Å². The van der Waals surface area contributed by atoms with Gasteiger partial charge >= 0.3 is 0 Å². The van der Waals surface area contributed by atoms with Gasteiger partial charge in [-0.25, -0.2) is 9.07 Å². The molecule has 3 aromatic rings. The zero-order chi connectivity index (χ0) is 23.4. The van der Waals surface area contributed by atoms with E-state index in [0.29, 0.717) is 28.1 Å². The van der Waals surface area contributed by atoms with Gasteiger partial charge in [0.05, 0.1) is 5.25 Å². The molecule has 1 unspecified atom stereocenters. The molecular weight excluding hydrogens is 429 g/mol. The standard InChI is InChI=1S/C23H28FN5O2S/c1-13(2)18-9-6-14(3)10-20(18)31-12-21-27-28-23(29(21)25)32-16(5)22(30)26-17-8-7-15(4)19(24)11-17/h6-11,13,16H,12,25H2,1-5H3,(H,26,30). The van der Waals surface area contributed by atoms with Crippen LogP contribution in [0.2, 0.25) is 0 Å². The topological polar surface area (TPSA) is 95.1 Å². The summed E-state index contributed by atoms with van der Waals surface area (Å²) in [4.78, 5) is 12.5. The van der Waals surface area contributed by atoms with Gasteiger partial charge in [-0.3, -0.25) is 4.79 Å². The van der Waals surface area contributed by atoms with Crippen LogP contribution in [-0.4, -0.2) is 26.0 Å². The molecule has 1 amide bonds. The summed E-state index contributed by atoms with van der Waals surface area (Å²) in [7, 11) is 0. The second-order valence-electron chi connectivity index (χ2n) is 7.97. The van der Waals surface area contributed by atoms with E-state index in [2.05, 4.69) is 41.5 Å². The van der Waals surface area contributed by atoms with Crippen molar-refractivity contribution in [1.29, 1.82) is 0 Å². The van der Waals surface area contributed by atoms with Gasteiger partial charge in [0.25, 0.3) is 0 Å². The molecule has 1 atom stereocenters. The molecule has 0 aliphatic carbocycles. The molecule has 1 aromatic heterocycles. The monoisotopic (exact) mass is 457 g/mol. The molecule has 9 heteroatoms. The summed E-state index contributed by atoms with van der Waals surface area (Å²) in [6.07, 6.45) is 0. The Morgan fingerprint density at radius 3 is 2.62 bits per heavy atom. The number of amides is 1. The summed E-state index contributed by atoms with van der Waals surface area (Å²) in [5.74, 6) is 7.02. The number of hydrogen-bond acceptors (Lipinski definition) is 6. The first-order valence-corrected chi connectivity index (χ1v) is 11.2. The molecule has 0 fully saturated rings. The number of aryl methyl sites for hydroxylation is 2. The Hall–Kier alpha value is -3.07. The van der Waals surface area contributed by atoms with Crippen LogP contribution >= 0.6 is 11.8 Å². The molecule has 0 bridgehead atoms. The normalized spacial score (nSPS) is 12.1. The van der Waals surface area contributed by atoms with Gasteiger partial charge in [0.1, 0.15) is 18.2 Å². The van der Waals surface area contributed by atoms with E-state index in [9.17, 15) is 9.18 Å². The van der Waals surface area contributed by atoms with Gasteiger partial charge in [0.15, 0.2) is 5.82 Å². The van der Waals surface area contributed by atoms with Crippen LogP contribution in [0.3, 0.4) is 0 Å². The highest BCUT2D eigenvalue weighted by Crippen LogP contribution is 2.28. The number of hydrogen-bond donors (Lipinski definition) is 2. The Morgan fingerprint density at radius 2 is 1.94 bits per heavy atom. The highest BCUT2D eigenvalue weighted by Gasteiger charge is 2.20. The van der Waals surface area contributed by atoms with E-state index in [1.54, 1.807) is 26.0 Å². The van der Waals surface area contributed by atoms with Gasteiger partial charge in [-0.2, -0.15) is 0 Å². The predicted octanol–water partition coefficient (Wildman–Crippen LogP) is 4.57. The predicted molar refractivity (Wildman–Crippen MR) is 125 cm³/mol. The van der Waals surface area contributed by atoms with E-state index >= 15 is 0 Å². The molecule has 3 N–H and O–H groups in total. The van der Waals surface area contributed by atoms with E-state index in [0.717, 1.165) is 28.6 Å². The fourth-order valence-electron chi connectivity index (χ4n) is 3.00. The third-order valence-corrected chi connectivity index (χ3v) is 6.03. The number of rotatable bonds is 8. The maximum absolute atomic E-state index is 13.7. The zero-order valence-electron chi connectivity index (χ0n) is 18.8. The van der Waals surface area contributed by atoms with Crippen LogP contribution in [0.5, 0.6) is 5.75 Å². The van der Waals surface area contributed by atoms with Crippen molar-refractivity contribution in [2.75, 3.05) is 11.2 Å². The smallest absolute Gasteiger partial charge is 0.237 e. The molecule has 0 saturated heterocycles. The van der Waals surface area contributed by atoms with Gasteiger partial charge in [-0.1, -0.05) is 43.8 Å². The minimum absolute atomic E-state index is 0.149. The zero-order valence-corrected chi connectivity index (χ0v) is 19.7. The number of nitrogens with two attached hydrogens (primary N) is 1. The minimum atomic E-state index is -0.524. The highest BCUT2D eigenvalue weighted by atomic mass is 32.2. The number of nitrogen functional groups attached to an aromatic ring is 1. The third kappa shape index (κ3) is 5.59. The molecule has 0 spiro atoms. The average molecular weight is 458 g/mol. The molecule has 0 aliphatic heterocycles. The first kappa shape index (κ1) is 23.6. The van der Waals surface area contributed by atoms with Crippen molar-refractivity contribution < 1.29 is 13.9 Å². The molecule has 170 valence electrons. The Bertz CT molecular complexity index is 1120. The quantitative estimate of drug-likeness (QED) is 0.380. The maximum Gasteiger partial charge on any atom is 0.237 e. The van der Waals surface area contributed by atoms with Crippen LogP contribution in [0.1, 0.15) is 49.2 Å². The second-order valence-corrected chi connectivity index (χ2v) is 9.27. The van der Waals surface area contributed by atoms with Crippen LogP contribution in [0.15, 0.2) is 41.6 Å². The minimum Gasteiger partial charge on any atom is -0.485 e. The number of nitrogens with one attached hydrogen (secondary N) is 1. The molecule has 7 nitrogen and oxygen atoms in total. The number of aromatic nitrogens is 3. The van der Waals surface area contributed by atoms with Crippen molar-refractivity contribution in [1.82, 2.24) is 14.9 Å². The first-order valence-electron chi connectivity index (χ1n) is 10.3. The van der Waals surface area contributed by atoms with Crippen LogP contribution in [0.25, 0.3) is 0 Å².